The molecule has 0 rings (SSSR count). The van der Waals surface area contributed by atoms with E-state index in [2.05, 4.69) is 20.8 Å². The van der Waals surface area contributed by atoms with E-state index in [4.69, 9.17) is 0 Å². The second-order valence-electron chi connectivity index (χ2n) is 1.50. The molecule has 0 aromatic carbocycles. The van der Waals surface area contributed by atoms with Crippen LogP contribution in [0.15, 0.2) is 0 Å². The van der Waals surface area contributed by atoms with E-state index in [-0.39, 0.29) is 0 Å². The third-order valence-electron chi connectivity index (χ3n) is 0. The van der Waals surface area contributed by atoms with Crippen LogP contribution >= 0.6 is 0 Å². The van der Waals surface area contributed by atoms with Gasteiger partial charge in [0.05, 0.1) is 0 Å². The van der Waals surface area contributed by atoms with Gasteiger partial charge in [0.25, 0.3) is 0 Å². The van der Waals surface area contributed by atoms with Crippen molar-refractivity contribution in [1.29, 1.82) is 0 Å². The predicted octanol–water partition coefficient (Wildman–Crippen LogP) is 1.62. The van der Waals surface area contributed by atoms with Crippen molar-refractivity contribution in [3.05, 3.63) is 5.92 Å². The Labute approximate surface area is 27.8 Å². The normalized spacial score (nSPS) is 7.20. The van der Waals surface area contributed by atoms with Crippen molar-refractivity contribution >= 4 is 0 Å². The Balaban J connectivity index is 0. The second kappa shape index (κ2) is 3.00. The first-order valence-corrected chi connectivity index (χ1v) is 1.50. The van der Waals surface area contributed by atoms with Gasteiger partial charge in [-0.3, -0.25) is 0 Å². The van der Waals surface area contributed by atoms with E-state index in [1.165, 1.54) is 5.92 Å². The average molecular weight is 324 g/mol. The summed E-state index contributed by atoms with van der Waals surface area (Å²) >= 11 is 0. The number of rotatable bonds is 0. The van der Waals surface area contributed by atoms with E-state index >= 15 is 0 Å². The van der Waals surface area contributed by atoms with Crippen molar-refractivity contribution in [2.24, 2.45) is 0 Å². The van der Waals surface area contributed by atoms with Crippen LogP contribution in [0.5, 0.6) is 0 Å². The molecule has 0 aromatic heterocycles. The summed E-state index contributed by atoms with van der Waals surface area (Å²) in [5.74, 6) is 1.42. The summed E-state index contributed by atoms with van der Waals surface area (Å²) in [6, 6.07) is 0. The molecule has 0 amide bonds. The fourth-order valence-corrected chi connectivity index (χ4v) is 0. The van der Waals surface area contributed by atoms with Crippen LogP contribution in [0.4, 0.5) is 0 Å². The van der Waals surface area contributed by atoms with Crippen molar-refractivity contribution in [3.8, 4) is 0 Å². The molecule has 0 fully saturated rings. The predicted molar refractivity (Wildman–Crippen MR) is 20.3 cm³/mol. The van der Waals surface area contributed by atoms with Gasteiger partial charge < -0.3 is 5.92 Å². The molecule has 0 bridgehead atoms. The van der Waals surface area contributed by atoms with Crippen LogP contribution in [-0.2, 0) is 0 Å². The van der Waals surface area contributed by atoms with Gasteiger partial charge in [-0.1, -0.05) is 0 Å². The van der Waals surface area contributed by atoms with Crippen molar-refractivity contribution in [2.45, 2.75) is 20.8 Å². The molecule has 0 aliphatic heterocycles. The first-order valence-electron chi connectivity index (χ1n) is 1.50. The molecule has 0 radical (unpaired) electrons. The van der Waals surface area contributed by atoms with Crippen molar-refractivity contribution < 1.29 is 0 Å². The van der Waals surface area contributed by atoms with Crippen LogP contribution in [0, 0.1) is 5.92 Å². The van der Waals surface area contributed by atoms with Gasteiger partial charge in [0.2, 0.25) is 0 Å². The van der Waals surface area contributed by atoms with E-state index in [1.807, 2.05) is 0 Å². The second-order valence-corrected chi connectivity index (χ2v) is 1.50. The monoisotopic (exact) mass is 324 g/mol. The molecule has 0 spiro atoms. The Morgan fingerprint density at radius 1 is 1.00 bits per heavy atom. The summed E-state index contributed by atoms with van der Waals surface area (Å²) < 4.78 is 0. The summed E-state index contributed by atoms with van der Waals surface area (Å²) in [5, 5.41) is 0. The van der Waals surface area contributed by atoms with Crippen LogP contribution in [0.2, 0.25) is 0 Å². The van der Waals surface area contributed by atoms with E-state index in [0.29, 0.717) is 0 Å². The minimum absolute atomic E-state index is 0. The summed E-state index contributed by atoms with van der Waals surface area (Å²) in [5.41, 5.74) is 0. The fourth-order valence-electron chi connectivity index (χ4n) is 0. The Hall–Kier alpha value is -1.00. The maximum absolute atomic E-state index is 2.08. The Morgan fingerprint density at radius 3 is 1.00 bits per heavy atom. The molecule has 0 N–H and O–H groups in total. The largest absolute Gasteiger partial charge is 0.323 e. The summed E-state index contributed by atoms with van der Waals surface area (Å²) in [6.07, 6.45) is 0. The zero-order valence-electron chi connectivity index (χ0n) is 4.21. The summed E-state index contributed by atoms with van der Waals surface area (Å²) in [7, 11) is 0. The minimum atomic E-state index is 0. The molecular weight excluding hydrogens is 315 g/mol. The maximum atomic E-state index is 2.08. The third kappa shape index (κ3) is 3.00. The molecule has 5 heavy (non-hydrogen) atoms. The van der Waals surface area contributed by atoms with Gasteiger partial charge in [0.15, 0.2) is 0 Å². The van der Waals surface area contributed by atoms with E-state index in [0.717, 1.165) is 0 Å². The van der Waals surface area contributed by atoms with Crippen LogP contribution in [0.1, 0.15) is 20.8 Å². The van der Waals surface area contributed by atoms with Crippen LogP contribution in [0.25, 0.3) is 0 Å². The zero-order chi connectivity index (χ0) is 3.58. The van der Waals surface area contributed by atoms with E-state index in [9.17, 15) is 0 Å². The van der Waals surface area contributed by atoms with Crippen molar-refractivity contribution in [1.82, 2.24) is 0 Å². The topological polar surface area (TPSA) is 0 Å². The van der Waals surface area contributed by atoms with Crippen LogP contribution < -0.4 is 0 Å². The summed E-state index contributed by atoms with van der Waals surface area (Å²) in [6.45, 7) is 6.25. The molecule has 1 heteroatoms. The quantitative estimate of drug-likeness (QED) is 0.594. The van der Waals surface area contributed by atoms with Gasteiger partial charge in [-0.2, -0.15) is 20.8 Å². The standard InChI is InChI=1S/C4H9.Rf/c1-4(2)3;/h1-3H3;/q-1;. The molecule has 0 nitrogen and oxygen atoms in total. The van der Waals surface area contributed by atoms with Gasteiger partial charge in [-0.05, 0) is 0 Å². The van der Waals surface area contributed by atoms with Gasteiger partial charge in [0, 0.05) is 0 Å². The molecule has 0 heterocycles. The van der Waals surface area contributed by atoms with E-state index < -0.39 is 0 Å². The number of hydrogen-bond acceptors (Lipinski definition) is 0. The van der Waals surface area contributed by atoms with Gasteiger partial charge in [-0.15, -0.1) is 0 Å². The maximum Gasteiger partial charge on any atom is 0 e. The molecule has 0 aromatic rings. The molecule has 0 atom stereocenters. The summed E-state index contributed by atoms with van der Waals surface area (Å²) in [4.78, 5) is 0. The van der Waals surface area contributed by atoms with E-state index in [1.54, 1.807) is 0 Å². The van der Waals surface area contributed by atoms with Gasteiger partial charge in [-0.25, -0.2) is 0 Å². The average Bonchev–Trinajstić information content (AvgIpc) is 0.811. The molecule has 0 unspecified atom stereocenters. The zero-order valence-corrected chi connectivity index (χ0v) is 10.6. The molecular formula is C4H9Rf-. The Bertz CT molecular complexity index is 8.36. The Kier molecular flexibility index (Phi) is 5.40. The molecule has 0 saturated heterocycles. The molecule has 28 valence electrons. The van der Waals surface area contributed by atoms with Crippen LogP contribution in [0.3, 0.4) is 0 Å². The molecule has 0 saturated carbocycles. The first-order chi connectivity index (χ1) is 1.73. The fraction of sp³-hybridized carbons (Fsp3) is 0.750. The molecule has 0 aliphatic rings. The molecule has 0 aliphatic carbocycles. The Morgan fingerprint density at radius 2 is 1.00 bits per heavy atom. The minimum Gasteiger partial charge on any atom is -0.323 e. The van der Waals surface area contributed by atoms with Crippen molar-refractivity contribution in [3.63, 3.8) is 0 Å². The smallest absolute Gasteiger partial charge is 0 e. The SMILES string of the molecule is C[C-](C)C.[Rf]. The van der Waals surface area contributed by atoms with Gasteiger partial charge >= 0.3 is 0 Å². The van der Waals surface area contributed by atoms with Gasteiger partial charge in [0.1, 0.15) is 0 Å². The van der Waals surface area contributed by atoms with Crippen LogP contribution in [-0.4, -0.2) is 0 Å². The first kappa shape index (κ1) is 9.00. The number of hydrogen-bond donors (Lipinski definition) is 0. The van der Waals surface area contributed by atoms with Crippen molar-refractivity contribution in [2.75, 3.05) is 0 Å². The third-order valence-corrected chi connectivity index (χ3v) is 0.